The molecule has 1 aromatic heterocycles. The van der Waals surface area contributed by atoms with Gasteiger partial charge in [-0.15, -0.1) is 0 Å². The molecule has 1 aromatic rings. The monoisotopic (exact) mass is 276 g/mol. The zero-order valence-corrected chi connectivity index (χ0v) is 10.1. The molecule has 14 heavy (non-hydrogen) atoms. The molecule has 0 N–H and O–H groups in total. The van der Waals surface area contributed by atoms with Gasteiger partial charge in [-0.25, -0.2) is 9.97 Å². The highest BCUT2D eigenvalue weighted by atomic mass is 79.9. The maximum absolute atomic E-state index is 5.96. The largest absolute Gasteiger partial charge is 0.381 e. The molecule has 0 amide bonds. The molecule has 0 spiro atoms. The van der Waals surface area contributed by atoms with Gasteiger partial charge in [-0.3, -0.25) is 0 Å². The van der Waals surface area contributed by atoms with Crippen molar-refractivity contribution in [2.75, 3.05) is 13.2 Å². The Morgan fingerprint density at radius 2 is 2.29 bits per heavy atom. The Hall–Kier alpha value is -0.190. The Labute approximate surface area is 96.0 Å². The van der Waals surface area contributed by atoms with E-state index in [1.165, 1.54) is 0 Å². The maximum Gasteiger partial charge on any atom is 0.147 e. The van der Waals surface area contributed by atoms with Gasteiger partial charge in [0.05, 0.1) is 16.8 Å². The van der Waals surface area contributed by atoms with Crippen LogP contribution in [0.15, 0.2) is 4.47 Å². The van der Waals surface area contributed by atoms with Crippen LogP contribution in [0.1, 0.15) is 23.9 Å². The number of hydrogen-bond acceptors (Lipinski definition) is 3. The quantitative estimate of drug-likeness (QED) is 0.740. The SMILES string of the molecule is Cc1nc(C2CCOC2)nc(Cl)c1Br. The van der Waals surface area contributed by atoms with E-state index in [1.807, 2.05) is 6.92 Å². The summed E-state index contributed by atoms with van der Waals surface area (Å²) in [4.78, 5) is 8.64. The molecule has 76 valence electrons. The molecule has 0 saturated carbocycles. The van der Waals surface area contributed by atoms with Crippen molar-refractivity contribution in [1.82, 2.24) is 9.97 Å². The second-order valence-corrected chi connectivity index (χ2v) is 4.48. The highest BCUT2D eigenvalue weighted by Gasteiger charge is 2.22. The fraction of sp³-hybridized carbons (Fsp3) is 0.556. The molecule has 2 heterocycles. The first-order valence-corrected chi connectivity index (χ1v) is 5.63. The van der Waals surface area contributed by atoms with Gasteiger partial charge in [0, 0.05) is 12.5 Å². The number of rotatable bonds is 1. The van der Waals surface area contributed by atoms with Gasteiger partial charge in [0.2, 0.25) is 0 Å². The third kappa shape index (κ3) is 1.92. The molecule has 3 nitrogen and oxygen atoms in total. The molecule has 1 atom stereocenters. The standard InChI is InChI=1S/C9H10BrClN2O/c1-5-7(10)8(11)13-9(12-5)6-2-3-14-4-6/h6H,2-4H2,1H3. The second-order valence-electron chi connectivity index (χ2n) is 3.33. The van der Waals surface area contributed by atoms with Crippen molar-refractivity contribution in [3.05, 3.63) is 21.1 Å². The fourth-order valence-corrected chi connectivity index (χ4v) is 1.87. The molecular weight excluding hydrogens is 267 g/mol. The normalized spacial score (nSPS) is 21.5. The van der Waals surface area contributed by atoms with Gasteiger partial charge >= 0.3 is 0 Å². The lowest BCUT2D eigenvalue weighted by Crippen LogP contribution is -2.06. The fourth-order valence-electron chi connectivity index (χ4n) is 1.47. The van der Waals surface area contributed by atoms with E-state index < -0.39 is 0 Å². The third-order valence-electron chi connectivity index (χ3n) is 2.29. The number of halogens is 2. The van der Waals surface area contributed by atoms with Gasteiger partial charge in [0.25, 0.3) is 0 Å². The summed E-state index contributed by atoms with van der Waals surface area (Å²) in [5, 5.41) is 0.486. The Kier molecular flexibility index (Phi) is 3.04. The van der Waals surface area contributed by atoms with Crippen LogP contribution in [-0.4, -0.2) is 23.2 Å². The zero-order valence-electron chi connectivity index (χ0n) is 7.76. The molecule has 1 unspecified atom stereocenters. The van der Waals surface area contributed by atoms with Crippen LogP contribution in [0.25, 0.3) is 0 Å². The van der Waals surface area contributed by atoms with Crippen LogP contribution in [0.2, 0.25) is 5.15 Å². The van der Waals surface area contributed by atoms with Crippen molar-refractivity contribution in [3.8, 4) is 0 Å². The number of aromatic nitrogens is 2. The molecule has 0 radical (unpaired) electrons. The van der Waals surface area contributed by atoms with Crippen LogP contribution in [0, 0.1) is 6.92 Å². The van der Waals surface area contributed by atoms with Gasteiger partial charge in [0.15, 0.2) is 0 Å². The second kappa shape index (κ2) is 4.13. The molecule has 0 bridgehead atoms. The summed E-state index contributed by atoms with van der Waals surface area (Å²) in [6.45, 7) is 3.41. The Morgan fingerprint density at radius 3 is 2.86 bits per heavy atom. The van der Waals surface area contributed by atoms with Crippen LogP contribution < -0.4 is 0 Å². The van der Waals surface area contributed by atoms with Gasteiger partial charge in [-0.2, -0.15) is 0 Å². The summed E-state index contributed by atoms with van der Waals surface area (Å²) in [6.07, 6.45) is 0.984. The summed E-state index contributed by atoms with van der Waals surface area (Å²) in [5.74, 6) is 1.10. The molecule has 0 aromatic carbocycles. The van der Waals surface area contributed by atoms with Crippen molar-refractivity contribution < 1.29 is 4.74 Å². The predicted octanol–water partition coefficient (Wildman–Crippen LogP) is 2.70. The summed E-state index contributed by atoms with van der Waals surface area (Å²) < 4.78 is 6.07. The van der Waals surface area contributed by atoms with Gasteiger partial charge in [-0.05, 0) is 29.3 Å². The third-order valence-corrected chi connectivity index (χ3v) is 3.74. The number of aryl methyl sites for hydroxylation is 1. The number of nitrogens with zero attached hydrogens (tertiary/aromatic N) is 2. The Balaban J connectivity index is 2.34. The smallest absolute Gasteiger partial charge is 0.147 e. The molecule has 5 heteroatoms. The molecule has 1 aliphatic rings. The molecule has 1 fully saturated rings. The van der Waals surface area contributed by atoms with E-state index in [0.29, 0.717) is 17.7 Å². The summed E-state index contributed by atoms with van der Waals surface area (Å²) in [7, 11) is 0. The highest BCUT2D eigenvalue weighted by molar-refractivity contribution is 9.10. The van der Waals surface area contributed by atoms with E-state index in [9.17, 15) is 0 Å². The highest BCUT2D eigenvalue weighted by Crippen LogP contribution is 2.28. The summed E-state index contributed by atoms with van der Waals surface area (Å²) in [6, 6.07) is 0. The van der Waals surface area contributed by atoms with E-state index in [2.05, 4.69) is 25.9 Å². The first kappa shape index (κ1) is 10.3. The van der Waals surface area contributed by atoms with Gasteiger partial charge in [-0.1, -0.05) is 11.6 Å². The zero-order chi connectivity index (χ0) is 10.1. The molecule has 1 aliphatic heterocycles. The van der Waals surface area contributed by atoms with Crippen molar-refractivity contribution in [2.45, 2.75) is 19.3 Å². The molecule has 1 saturated heterocycles. The Morgan fingerprint density at radius 1 is 1.50 bits per heavy atom. The first-order valence-electron chi connectivity index (χ1n) is 4.45. The Bertz CT molecular complexity index is 330. The van der Waals surface area contributed by atoms with Crippen LogP contribution in [0.5, 0.6) is 0 Å². The van der Waals surface area contributed by atoms with Crippen molar-refractivity contribution in [1.29, 1.82) is 0 Å². The lowest BCUT2D eigenvalue weighted by atomic mass is 10.1. The van der Waals surface area contributed by atoms with E-state index in [4.69, 9.17) is 16.3 Å². The first-order chi connectivity index (χ1) is 6.68. The lowest BCUT2D eigenvalue weighted by molar-refractivity contribution is 0.193. The average molecular weight is 278 g/mol. The van der Waals surface area contributed by atoms with Crippen LogP contribution in [0.4, 0.5) is 0 Å². The average Bonchev–Trinajstić information content (AvgIpc) is 2.66. The lowest BCUT2D eigenvalue weighted by Gasteiger charge is -2.08. The predicted molar refractivity (Wildman–Crippen MR) is 57.7 cm³/mol. The van der Waals surface area contributed by atoms with E-state index >= 15 is 0 Å². The van der Waals surface area contributed by atoms with Crippen LogP contribution in [-0.2, 0) is 4.74 Å². The van der Waals surface area contributed by atoms with Gasteiger partial charge in [0.1, 0.15) is 11.0 Å². The minimum absolute atomic E-state index is 0.305. The van der Waals surface area contributed by atoms with E-state index in [1.54, 1.807) is 0 Å². The van der Waals surface area contributed by atoms with Crippen LogP contribution >= 0.6 is 27.5 Å². The van der Waals surface area contributed by atoms with Crippen molar-refractivity contribution in [3.63, 3.8) is 0 Å². The minimum Gasteiger partial charge on any atom is -0.381 e. The van der Waals surface area contributed by atoms with E-state index in [-0.39, 0.29) is 0 Å². The molecule has 2 rings (SSSR count). The summed E-state index contributed by atoms with van der Waals surface area (Å²) in [5.41, 5.74) is 0.881. The topological polar surface area (TPSA) is 35.0 Å². The number of hydrogen-bond donors (Lipinski definition) is 0. The summed E-state index contributed by atoms with van der Waals surface area (Å²) >= 11 is 9.29. The minimum atomic E-state index is 0.305. The molecule has 0 aliphatic carbocycles. The van der Waals surface area contributed by atoms with Crippen LogP contribution in [0.3, 0.4) is 0 Å². The maximum atomic E-state index is 5.96. The van der Waals surface area contributed by atoms with Gasteiger partial charge < -0.3 is 4.74 Å². The van der Waals surface area contributed by atoms with Crippen molar-refractivity contribution in [2.24, 2.45) is 0 Å². The molecular formula is C9H10BrClN2O. The number of ether oxygens (including phenoxy) is 1. The van der Waals surface area contributed by atoms with Crippen molar-refractivity contribution >= 4 is 27.5 Å². The van der Waals surface area contributed by atoms with E-state index in [0.717, 1.165) is 29.0 Å².